The molecule has 4 rings (SSSR count). The molecular weight excluding hydrogens is 421 g/mol. The van der Waals surface area contributed by atoms with Gasteiger partial charge >= 0.3 is 0 Å². The van der Waals surface area contributed by atoms with Crippen LogP contribution in [0.4, 0.5) is 13.2 Å². The lowest BCUT2D eigenvalue weighted by molar-refractivity contribution is -0.118. The number of primary amides is 1. The lowest BCUT2D eigenvalue weighted by Crippen LogP contribution is -2.22. The molecule has 0 radical (unpaired) electrons. The Balaban J connectivity index is 2.11. The minimum atomic E-state index is -0.948. The van der Waals surface area contributed by atoms with Crippen molar-refractivity contribution in [3.8, 4) is 16.9 Å². The van der Waals surface area contributed by atoms with Crippen LogP contribution in [0.15, 0.2) is 53.3 Å². The second kappa shape index (κ2) is 8.26. The first kappa shape index (κ1) is 21.2. The molecule has 0 aliphatic heterocycles. The van der Waals surface area contributed by atoms with Crippen molar-refractivity contribution < 1.29 is 18.0 Å². The van der Waals surface area contributed by atoms with Gasteiger partial charge in [-0.25, -0.2) is 23.1 Å². The molecule has 2 aromatic heterocycles. The van der Waals surface area contributed by atoms with E-state index < -0.39 is 34.6 Å². The van der Waals surface area contributed by atoms with E-state index in [2.05, 4.69) is 9.97 Å². The van der Waals surface area contributed by atoms with Crippen LogP contribution in [0.2, 0.25) is 0 Å². The highest BCUT2D eigenvalue weighted by molar-refractivity contribution is 5.92. The summed E-state index contributed by atoms with van der Waals surface area (Å²) in [5.41, 5.74) is 5.33. The Hall–Kier alpha value is -4.01. The van der Waals surface area contributed by atoms with Crippen molar-refractivity contribution in [2.75, 3.05) is 0 Å². The molecule has 6 nitrogen and oxygen atoms in total. The van der Waals surface area contributed by atoms with Crippen molar-refractivity contribution in [1.82, 2.24) is 14.5 Å². The highest BCUT2D eigenvalue weighted by Crippen LogP contribution is 2.30. The van der Waals surface area contributed by atoms with Crippen molar-refractivity contribution in [1.29, 1.82) is 0 Å². The highest BCUT2D eigenvalue weighted by atomic mass is 19.1. The molecule has 0 saturated carbocycles. The molecule has 2 aromatic carbocycles. The van der Waals surface area contributed by atoms with Gasteiger partial charge in [0, 0.05) is 29.9 Å². The van der Waals surface area contributed by atoms with E-state index in [0.717, 1.165) is 22.8 Å². The first-order valence-corrected chi connectivity index (χ1v) is 9.68. The molecular formula is C23H17F3N4O2. The number of carbonyl (C=O) groups is 1. The van der Waals surface area contributed by atoms with Crippen LogP contribution in [0, 0.1) is 24.4 Å². The van der Waals surface area contributed by atoms with Gasteiger partial charge in [-0.15, -0.1) is 0 Å². The van der Waals surface area contributed by atoms with E-state index >= 15 is 0 Å². The fourth-order valence-corrected chi connectivity index (χ4v) is 3.52. The second-order valence-corrected chi connectivity index (χ2v) is 7.23. The van der Waals surface area contributed by atoms with E-state index in [0.29, 0.717) is 22.2 Å². The van der Waals surface area contributed by atoms with Gasteiger partial charge in [0.25, 0.3) is 5.56 Å². The number of rotatable bonds is 5. The molecule has 162 valence electrons. The lowest BCUT2D eigenvalue weighted by Gasteiger charge is -2.15. The van der Waals surface area contributed by atoms with E-state index in [1.54, 1.807) is 6.92 Å². The molecule has 0 unspecified atom stereocenters. The molecule has 32 heavy (non-hydrogen) atoms. The summed E-state index contributed by atoms with van der Waals surface area (Å²) in [4.78, 5) is 32.8. The number of benzene rings is 2. The predicted octanol–water partition coefficient (Wildman–Crippen LogP) is 3.59. The summed E-state index contributed by atoms with van der Waals surface area (Å²) in [6.45, 7) is 1.68. The zero-order valence-electron chi connectivity index (χ0n) is 16.9. The number of carbonyl (C=O) groups excluding carboxylic acids is 1. The number of nitrogens with zero attached hydrogens (tertiary/aromatic N) is 3. The van der Waals surface area contributed by atoms with Crippen LogP contribution < -0.4 is 11.3 Å². The van der Waals surface area contributed by atoms with E-state index in [4.69, 9.17) is 5.73 Å². The number of hydrogen-bond acceptors (Lipinski definition) is 4. The zero-order chi connectivity index (χ0) is 23.0. The standard InChI is InChI=1S/C23H17F3N4O2/c1-12-11-13(24)5-6-14(12)21-15-7-10-20(32)30(22-16(25)3-2-4-17(22)26)23(15)29-19(28-21)9-8-18(27)31/h2-7,10-11H,8-9H2,1H3,(H2,27,31). The van der Waals surface area contributed by atoms with Crippen molar-refractivity contribution in [3.63, 3.8) is 0 Å². The number of para-hydroxylation sites is 1. The Bertz CT molecular complexity index is 1410. The fraction of sp³-hybridized carbons (Fsp3) is 0.130. The fourth-order valence-electron chi connectivity index (χ4n) is 3.52. The number of fused-ring (bicyclic) bond motifs is 1. The smallest absolute Gasteiger partial charge is 0.256 e. The summed E-state index contributed by atoms with van der Waals surface area (Å²) < 4.78 is 43.7. The first-order chi connectivity index (χ1) is 15.3. The largest absolute Gasteiger partial charge is 0.370 e. The Morgan fingerprint density at radius 1 is 1.03 bits per heavy atom. The molecule has 9 heteroatoms. The van der Waals surface area contributed by atoms with Crippen LogP contribution in [0.1, 0.15) is 17.8 Å². The first-order valence-electron chi connectivity index (χ1n) is 9.68. The molecule has 0 bridgehead atoms. The summed E-state index contributed by atoms with van der Waals surface area (Å²) >= 11 is 0. The van der Waals surface area contributed by atoms with E-state index in [1.807, 2.05) is 0 Å². The molecule has 0 aliphatic carbocycles. The normalized spacial score (nSPS) is 11.1. The van der Waals surface area contributed by atoms with Gasteiger partial charge in [-0.2, -0.15) is 0 Å². The maximum Gasteiger partial charge on any atom is 0.256 e. The number of pyridine rings is 1. The summed E-state index contributed by atoms with van der Waals surface area (Å²) in [6.07, 6.45) is -0.0280. The van der Waals surface area contributed by atoms with Crippen molar-refractivity contribution in [3.05, 3.63) is 87.7 Å². The third-order valence-corrected chi connectivity index (χ3v) is 5.00. The van der Waals surface area contributed by atoms with Gasteiger partial charge in [-0.05, 0) is 48.9 Å². The third kappa shape index (κ3) is 3.84. The Labute approximate surface area is 180 Å². The van der Waals surface area contributed by atoms with Crippen LogP contribution in [0.3, 0.4) is 0 Å². The summed E-state index contributed by atoms with van der Waals surface area (Å²) in [5.74, 6) is -2.78. The maximum atomic E-state index is 14.6. The Morgan fingerprint density at radius 2 is 1.75 bits per heavy atom. The van der Waals surface area contributed by atoms with Gasteiger partial charge in [0.2, 0.25) is 5.91 Å². The minimum absolute atomic E-state index is 0.0430. The Morgan fingerprint density at radius 3 is 2.41 bits per heavy atom. The molecule has 0 saturated heterocycles. The van der Waals surface area contributed by atoms with Crippen LogP contribution in [-0.4, -0.2) is 20.4 Å². The number of nitrogens with two attached hydrogens (primary N) is 1. The molecule has 0 spiro atoms. The highest BCUT2D eigenvalue weighted by Gasteiger charge is 2.20. The number of halogens is 3. The molecule has 2 N–H and O–H groups in total. The number of aryl methyl sites for hydroxylation is 2. The van der Waals surface area contributed by atoms with Crippen molar-refractivity contribution >= 4 is 16.9 Å². The summed E-state index contributed by atoms with van der Waals surface area (Å²) in [7, 11) is 0. The minimum Gasteiger partial charge on any atom is -0.370 e. The van der Waals surface area contributed by atoms with E-state index in [-0.39, 0.29) is 24.3 Å². The molecule has 1 amide bonds. The molecule has 0 aliphatic rings. The SMILES string of the molecule is Cc1cc(F)ccc1-c1nc(CCC(N)=O)nc2c1ccc(=O)n2-c1c(F)cccc1F. The second-order valence-electron chi connectivity index (χ2n) is 7.23. The van der Waals surface area contributed by atoms with E-state index in [9.17, 15) is 22.8 Å². The van der Waals surface area contributed by atoms with Gasteiger partial charge < -0.3 is 5.73 Å². The number of amides is 1. The van der Waals surface area contributed by atoms with Gasteiger partial charge in [-0.3, -0.25) is 14.2 Å². The molecule has 4 aromatic rings. The lowest BCUT2D eigenvalue weighted by atomic mass is 10.0. The van der Waals surface area contributed by atoms with Gasteiger partial charge in [0.1, 0.15) is 29.0 Å². The average Bonchev–Trinajstić information content (AvgIpc) is 2.73. The quantitative estimate of drug-likeness (QED) is 0.516. The molecule has 0 atom stereocenters. The Kier molecular flexibility index (Phi) is 5.48. The van der Waals surface area contributed by atoms with Gasteiger partial charge in [-0.1, -0.05) is 6.07 Å². The van der Waals surface area contributed by atoms with Crippen molar-refractivity contribution in [2.45, 2.75) is 19.8 Å². The third-order valence-electron chi connectivity index (χ3n) is 5.00. The van der Waals surface area contributed by atoms with Crippen LogP contribution in [0.5, 0.6) is 0 Å². The van der Waals surface area contributed by atoms with Gasteiger partial charge in [0.15, 0.2) is 5.65 Å². The number of hydrogen-bond donors (Lipinski definition) is 1. The predicted molar refractivity (Wildman–Crippen MR) is 113 cm³/mol. The van der Waals surface area contributed by atoms with Crippen LogP contribution in [-0.2, 0) is 11.2 Å². The molecule has 2 heterocycles. The maximum absolute atomic E-state index is 14.6. The topological polar surface area (TPSA) is 90.9 Å². The average molecular weight is 438 g/mol. The van der Waals surface area contributed by atoms with Crippen LogP contribution in [0.25, 0.3) is 28.0 Å². The van der Waals surface area contributed by atoms with Crippen LogP contribution >= 0.6 is 0 Å². The summed E-state index contributed by atoms with van der Waals surface area (Å²) in [5, 5.41) is 0.324. The van der Waals surface area contributed by atoms with Gasteiger partial charge in [0.05, 0.1) is 5.69 Å². The number of aromatic nitrogens is 3. The summed E-state index contributed by atoms with van der Waals surface area (Å²) in [6, 6.07) is 9.94. The van der Waals surface area contributed by atoms with Crippen molar-refractivity contribution in [2.24, 2.45) is 5.73 Å². The molecule has 0 fully saturated rings. The zero-order valence-corrected chi connectivity index (χ0v) is 16.9. The van der Waals surface area contributed by atoms with E-state index in [1.165, 1.54) is 30.3 Å². The monoisotopic (exact) mass is 438 g/mol.